The van der Waals surface area contributed by atoms with Crippen molar-refractivity contribution < 1.29 is 9.18 Å². The van der Waals surface area contributed by atoms with Gasteiger partial charge in [-0.2, -0.15) is 0 Å². The molecular weight excluding hydrogens is 393 g/mol. The Balaban J connectivity index is 1.46. The Morgan fingerprint density at radius 2 is 2.03 bits per heavy atom. The number of hydrogen-bond donors (Lipinski definition) is 1. The molecule has 146 valence electrons. The number of carbonyl (C=O) groups is 1. The van der Waals surface area contributed by atoms with Gasteiger partial charge < -0.3 is 9.88 Å². The van der Waals surface area contributed by atoms with E-state index in [1.54, 1.807) is 12.3 Å². The number of nitrogens with zero attached hydrogens (tertiary/aromatic N) is 6. The first-order chi connectivity index (χ1) is 14.1. The molecule has 0 saturated heterocycles. The third-order valence-corrected chi connectivity index (χ3v) is 5.26. The number of imidazole rings is 1. The average Bonchev–Trinajstić information content (AvgIpc) is 3.37. The van der Waals surface area contributed by atoms with Gasteiger partial charge in [0.15, 0.2) is 5.16 Å². The van der Waals surface area contributed by atoms with Gasteiger partial charge in [-0.15, -0.1) is 5.10 Å². The summed E-state index contributed by atoms with van der Waals surface area (Å²) >= 11 is 1.35. The smallest absolute Gasteiger partial charge is 0.228 e. The second-order valence-corrected chi connectivity index (χ2v) is 7.22. The van der Waals surface area contributed by atoms with E-state index in [1.165, 1.54) is 34.9 Å². The predicted octanol–water partition coefficient (Wildman–Crippen LogP) is 2.87. The third kappa shape index (κ3) is 4.49. The molecule has 0 unspecified atom stereocenters. The van der Waals surface area contributed by atoms with Crippen LogP contribution in [0.3, 0.4) is 0 Å². The molecule has 2 heterocycles. The van der Waals surface area contributed by atoms with Gasteiger partial charge in [0, 0.05) is 24.3 Å². The molecule has 0 saturated carbocycles. The second kappa shape index (κ2) is 8.23. The third-order valence-electron chi connectivity index (χ3n) is 4.11. The molecule has 2 aromatic heterocycles. The van der Waals surface area contributed by atoms with Crippen molar-refractivity contribution in [2.24, 2.45) is 7.05 Å². The Bertz CT molecular complexity index is 1130. The second-order valence-electron chi connectivity index (χ2n) is 6.21. The van der Waals surface area contributed by atoms with Crippen molar-refractivity contribution in [2.45, 2.75) is 16.5 Å². The van der Waals surface area contributed by atoms with Gasteiger partial charge >= 0.3 is 0 Å². The fraction of sp³-hybridized carbons (Fsp3) is 0.105. The molecule has 0 radical (unpaired) electrons. The normalized spacial score (nSPS) is 10.8. The van der Waals surface area contributed by atoms with Crippen molar-refractivity contribution in [3.05, 3.63) is 72.6 Å². The highest BCUT2D eigenvalue weighted by Crippen LogP contribution is 2.33. The van der Waals surface area contributed by atoms with E-state index in [9.17, 15) is 9.18 Å². The van der Waals surface area contributed by atoms with Crippen LogP contribution in [0, 0.1) is 5.82 Å². The zero-order valence-corrected chi connectivity index (χ0v) is 16.2. The molecule has 0 fully saturated rings. The molecule has 4 rings (SSSR count). The zero-order valence-electron chi connectivity index (χ0n) is 15.4. The summed E-state index contributed by atoms with van der Waals surface area (Å²) in [5.74, 6) is -0.664. The van der Waals surface area contributed by atoms with Gasteiger partial charge in [-0.1, -0.05) is 12.1 Å². The molecule has 8 nitrogen and oxygen atoms in total. The van der Waals surface area contributed by atoms with E-state index in [4.69, 9.17) is 0 Å². The summed E-state index contributed by atoms with van der Waals surface area (Å²) in [5.41, 5.74) is 2.01. The topological polar surface area (TPSA) is 90.5 Å². The molecule has 0 aliphatic carbocycles. The van der Waals surface area contributed by atoms with Gasteiger partial charge in [-0.25, -0.2) is 14.1 Å². The van der Waals surface area contributed by atoms with Crippen LogP contribution in [0.5, 0.6) is 0 Å². The molecule has 0 aliphatic heterocycles. The molecule has 2 aromatic carbocycles. The molecule has 29 heavy (non-hydrogen) atoms. The van der Waals surface area contributed by atoms with Crippen molar-refractivity contribution >= 4 is 23.4 Å². The first-order valence-electron chi connectivity index (χ1n) is 8.65. The van der Waals surface area contributed by atoms with Crippen LogP contribution in [0.25, 0.3) is 5.69 Å². The fourth-order valence-corrected chi connectivity index (χ4v) is 3.53. The minimum absolute atomic E-state index is 0.152. The quantitative estimate of drug-likeness (QED) is 0.527. The van der Waals surface area contributed by atoms with E-state index in [0.717, 1.165) is 16.4 Å². The lowest BCUT2D eigenvalue weighted by Gasteiger charge is -2.11. The Kier molecular flexibility index (Phi) is 5.34. The van der Waals surface area contributed by atoms with Crippen molar-refractivity contribution in [3.8, 4) is 5.69 Å². The van der Waals surface area contributed by atoms with Crippen LogP contribution < -0.4 is 5.32 Å². The average molecular weight is 409 g/mol. The van der Waals surface area contributed by atoms with Crippen LogP contribution in [0.2, 0.25) is 0 Å². The highest BCUT2D eigenvalue weighted by molar-refractivity contribution is 7.99. The Hall–Kier alpha value is -3.53. The molecule has 0 atom stereocenters. The molecule has 1 N–H and O–H groups in total. The van der Waals surface area contributed by atoms with Crippen LogP contribution in [0.15, 0.2) is 71.2 Å². The lowest BCUT2D eigenvalue weighted by molar-refractivity contribution is -0.115. The number of aromatic nitrogens is 6. The first-order valence-corrected chi connectivity index (χ1v) is 9.47. The molecule has 10 heteroatoms. The maximum Gasteiger partial charge on any atom is 0.228 e. The van der Waals surface area contributed by atoms with Crippen molar-refractivity contribution in [1.82, 2.24) is 29.8 Å². The number of anilines is 1. The minimum atomic E-state index is -0.421. The summed E-state index contributed by atoms with van der Waals surface area (Å²) in [6, 6.07) is 11.6. The SMILES string of the molecule is Cn1ccnc1Sc1ccc(F)cc1NC(=O)Cc1ccc(-n2cnnn2)cc1. The number of benzene rings is 2. The van der Waals surface area contributed by atoms with Crippen molar-refractivity contribution in [2.75, 3.05) is 5.32 Å². The Labute approximate surface area is 169 Å². The molecule has 0 spiro atoms. The van der Waals surface area contributed by atoms with E-state index in [0.29, 0.717) is 10.6 Å². The van der Waals surface area contributed by atoms with Gasteiger partial charge in [0.1, 0.15) is 12.1 Å². The number of rotatable bonds is 6. The number of carbonyl (C=O) groups excluding carboxylic acids is 1. The first kappa shape index (κ1) is 18.8. The Morgan fingerprint density at radius 3 is 2.72 bits per heavy atom. The molecule has 0 bridgehead atoms. The number of hydrogen-bond acceptors (Lipinski definition) is 6. The number of nitrogens with one attached hydrogen (secondary N) is 1. The predicted molar refractivity (Wildman–Crippen MR) is 105 cm³/mol. The van der Waals surface area contributed by atoms with Crippen LogP contribution in [0.4, 0.5) is 10.1 Å². The highest BCUT2D eigenvalue weighted by Gasteiger charge is 2.12. The van der Waals surface area contributed by atoms with Gasteiger partial charge in [0.2, 0.25) is 5.91 Å². The molecular formula is C19H16FN7OS. The van der Waals surface area contributed by atoms with Gasteiger partial charge in [-0.05, 0) is 58.1 Å². The number of halogens is 1. The fourth-order valence-electron chi connectivity index (χ4n) is 2.66. The highest BCUT2D eigenvalue weighted by atomic mass is 32.2. The van der Waals surface area contributed by atoms with Crippen molar-refractivity contribution in [3.63, 3.8) is 0 Å². The summed E-state index contributed by atoms with van der Waals surface area (Å²) < 4.78 is 17.1. The zero-order chi connectivity index (χ0) is 20.2. The summed E-state index contributed by atoms with van der Waals surface area (Å²) in [7, 11) is 1.87. The monoisotopic (exact) mass is 409 g/mol. The maximum absolute atomic E-state index is 13.8. The van der Waals surface area contributed by atoms with Gasteiger partial charge in [0.05, 0.1) is 17.8 Å². The van der Waals surface area contributed by atoms with E-state index in [2.05, 4.69) is 25.8 Å². The van der Waals surface area contributed by atoms with Crippen LogP contribution in [-0.2, 0) is 18.3 Å². The lowest BCUT2D eigenvalue weighted by atomic mass is 10.1. The molecule has 4 aromatic rings. The number of tetrazole rings is 1. The van der Waals surface area contributed by atoms with Crippen LogP contribution >= 0.6 is 11.8 Å². The van der Waals surface area contributed by atoms with Crippen LogP contribution in [-0.4, -0.2) is 35.7 Å². The maximum atomic E-state index is 13.8. The minimum Gasteiger partial charge on any atom is -0.329 e. The van der Waals surface area contributed by atoms with E-state index < -0.39 is 5.82 Å². The molecule has 0 aliphatic rings. The number of amides is 1. The summed E-state index contributed by atoms with van der Waals surface area (Å²) in [6.45, 7) is 0. The van der Waals surface area contributed by atoms with Crippen molar-refractivity contribution in [1.29, 1.82) is 0 Å². The summed E-state index contributed by atoms with van der Waals surface area (Å²) in [5, 5.41) is 14.5. The standard InChI is InChI=1S/C19H16FN7OS/c1-26-9-8-21-19(26)29-17-7-4-14(20)11-16(17)23-18(28)10-13-2-5-15(6-3-13)27-12-22-24-25-27/h2-9,11-12H,10H2,1H3,(H,23,28). The van der Waals surface area contributed by atoms with E-state index >= 15 is 0 Å². The van der Waals surface area contributed by atoms with Crippen LogP contribution in [0.1, 0.15) is 5.56 Å². The van der Waals surface area contributed by atoms with E-state index in [1.807, 2.05) is 42.1 Å². The summed E-state index contributed by atoms with van der Waals surface area (Å²) in [6.07, 6.45) is 5.15. The lowest BCUT2D eigenvalue weighted by Crippen LogP contribution is -2.15. The Morgan fingerprint density at radius 1 is 1.21 bits per heavy atom. The largest absolute Gasteiger partial charge is 0.329 e. The summed E-state index contributed by atoms with van der Waals surface area (Å²) in [4.78, 5) is 17.5. The van der Waals surface area contributed by atoms with Gasteiger partial charge in [-0.3, -0.25) is 4.79 Å². The van der Waals surface area contributed by atoms with E-state index in [-0.39, 0.29) is 12.3 Å². The van der Waals surface area contributed by atoms with Gasteiger partial charge in [0.25, 0.3) is 0 Å². The molecule has 1 amide bonds. The number of aryl methyl sites for hydroxylation is 1.